The van der Waals surface area contributed by atoms with E-state index in [4.69, 9.17) is 10.5 Å². The fourth-order valence-electron chi connectivity index (χ4n) is 2.45. The Morgan fingerprint density at radius 2 is 2.00 bits per heavy atom. The van der Waals surface area contributed by atoms with Crippen molar-refractivity contribution in [3.8, 4) is 0 Å². The highest BCUT2D eigenvalue weighted by molar-refractivity contribution is 14.0. The number of carbonyl (C=O) groups excluding carboxylic acids is 2. The lowest BCUT2D eigenvalue weighted by atomic mass is 10.1. The molecule has 0 saturated carbocycles. The zero-order valence-electron chi connectivity index (χ0n) is 16.1. The van der Waals surface area contributed by atoms with Crippen LogP contribution in [0.5, 0.6) is 0 Å². The lowest BCUT2D eigenvalue weighted by molar-refractivity contribution is 0.00700. The SMILES string of the molecule is CN=C(NCc1cccc(C(N)=O)c1)NC1CN(C(=O)OC(C)(C)C)C1.I. The second-order valence-electron chi connectivity index (χ2n) is 7.22. The number of ether oxygens (including phenoxy) is 1. The number of amides is 2. The minimum Gasteiger partial charge on any atom is -0.444 e. The summed E-state index contributed by atoms with van der Waals surface area (Å²) in [6, 6.07) is 7.23. The molecule has 0 unspecified atom stereocenters. The van der Waals surface area contributed by atoms with E-state index >= 15 is 0 Å². The fraction of sp³-hybridized carbons (Fsp3) is 0.500. The summed E-state index contributed by atoms with van der Waals surface area (Å²) in [5.41, 5.74) is 6.20. The Bertz CT molecular complexity index is 696. The first-order valence-electron chi connectivity index (χ1n) is 8.52. The van der Waals surface area contributed by atoms with E-state index in [0.717, 1.165) is 5.56 Å². The standard InChI is InChI=1S/C18H27N5O3.HI/c1-18(2,3)26-17(25)23-10-14(11-23)22-16(20-4)21-9-12-6-5-7-13(8-12)15(19)24;/h5-8,14H,9-11H2,1-4H3,(H2,19,24)(H2,20,21,22);1H. The molecule has 0 aromatic heterocycles. The molecular weight excluding hydrogens is 461 g/mol. The average molecular weight is 489 g/mol. The van der Waals surface area contributed by atoms with Crippen molar-refractivity contribution in [2.75, 3.05) is 20.1 Å². The largest absolute Gasteiger partial charge is 0.444 e. The normalized spacial score (nSPS) is 14.7. The third-order valence-corrected chi connectivity index (χ3v) is 3.77. The molecule has 8 nitrogen and oxygen atoms in total. The number of benzene rings is 1. The van der Waals surface area contributed by atoms with Crippen LogP contribution < -0.4 is 16.4 Å². The smallest absolute Gasteiger partial charge is 0.410 e. The molecule has 0 atom stereocenters. The number of guanidine groups is 1. The van der Waals surface area contributed by atoms with Gasteiger partial charge in [-0.1, -0.05) is 12.1 Å². The number of nitrogens with one attached hydrogen (secondary N) is 2. The van der Waals surface area contributed by atoms with Crippen LogP contribution in [0.2, 0.25) is 0 Å². The molecule has 2 rings (SSSR count). The minimum absolute atomic E-state index is 0. The van der Waals surface area contributed by atoms with Gasteiger partial charge in [0, 0.05) is 32.2 Å². The maximum atomic E-state index is 11.9. The van der Waals surface area contributed by atoms with E-state index < -0.39 is 11.5 Å². The number of nitrogens with zero attached hydrogens (tertiary/aromatic N) is 2. The van der Waals surface area contributed by atoms with Gasteiger partial charge in [0.25, 0.3) is 0 Å². The van der Waals surface area contributed by atoms with Crippen LogP contribution in [0.3, 0.4) is 0 Å². The number of halogens is 1. The first-order chi connectivity index (χ1) is 12.2. The third-order valence-electron chi connectivity index (χ3n) is 3.77. The minimum atomic E-state index is -0.493. The van der Waals surface area contributed by atoms with E-state index in [2.05, 4.69) is 15.6 Å². The number of rotatable bonds is 4. The van der Waals surface area contributed by atoms with Gasteiger partial charge in [0.15, 0.2) is 5.96 Å². The molecular formula is C18H28IN5O3. The van der Waals surface area contributed by atoms with Crippen molar-refractivity contribution in [2.45, 2.75) is 39.0 Å². The Kier molecular flexibility index (Phi) is 8.32. The zero-order valence-corrected chi connectivity index (χ0v) is 18.4. The van der Waals surface area contributed by atoms with Gasteiger partial charge in [-0.05, 0) is 38.5 Å². The highest BCUT2D eigenvalue weighted by atomic mass is 127. The number of carbonyl (C=O) groups is 2. The van der Waals surface area contributed by atoms with E-state index in [9.17, 15) is 9.59 Å². The molecule has 0 aliphatic carbocycles. The van der Waals surface area contributed by atoms with Crippen molar-refractivity contribution >= 4 is 41.9 Å². The van der Waals surface area contributed by atoms with Gasteiger partial charge in [-0.2, -0.15) is 0 Å². The number of hydrogen-bond donors (Lipinski definition) is 3. The van der Waals surface area contributed by atoms with Gasteiger partial charge >= 0.3 is 6.09 Å². The Labute approximate surface area is 176 Å². The Balaban J connectivity index is 0.00000364. The molecule has 0 bridgehead atoms. The molecule has 1 aliphatic heterocycles. The third kappa shape index (κ3) is 7.24. The molecule has 150 valence electrons. The van der Waals surface area contributed by atoms with Crippen molar-refractivity contribution < 1.29 is 14.3 Å². The Morgan fingerprint density at radius 3 is 2.56 bits per heavy atom. The fourth-order valence-corrected chi connectivity index (χ4v) is 2.45. The van der Waals surface area contributed by atoms with Crippen LogP contribution in [0.1, 0.15) is 36.7 Å². The highest BCUT2D eigenvalue weighted by Crippen LogP contribution is 2.15. The van der Waals surface area contributed by atoms with Gasteiger partial charge in [-0.3, -0.25) is 9.79 Å². The molecule has 27 heavy (non-hydrogen) atoms. The summed E-state index contributed by atoms with van der Waals surface area (Å²) in [4.78, 5) is 29.0. The van der Waals surface area contributed by atoms with Crippen molar-refractivity contribution in [3.63, 3.8) is 0 Å². The summed E-state index contributed by atoms with van der Waals surface area (Å²) in [6.45, 7) is 7.17. The molecule has 4 N–H and O–H groups in total. The monoisotopic (exact) mass is 489 g/mol. The molecule has 1 aromatic carbocycles. The quantitative estimate of drug-likeness (QED) is 0.339. The molecule has 1 fully saturated rings. The molecule has 1 heterocycles. The number of primary amides is 1. The number of hydrogen-bond acceptors (Lipinski definition) is 4. The van der Waals surface area contributed by atoms with Crippen LogP contribution in [0.25, 0.3) is 0 Å². The summed E-state index contributed by atoms with van der Waals surface area (Å²) < 4.78 is 5.33. The predicted molar refractivity (Wildman–Crippen MR) is 115 cm³/mol. The van der Waals surface area contributed by atoms with Gasteiger partial charge in [0.05, 0.1) is 6.04 Å². The summed E-state index contributed by atoms with van der Waals surface area (Å²) in [7, 11) is 1.68. The first-order valence-corrected chi connectivity index (χ1v) is 8.52. The summed E-state index contributed by atoms with van der Waals surface area (Å²) in [5, 5.41) is 6.44. The van der Waals surface area contributed by atoms with Crippen molar-refractivity contribution in [2.24, 2.45) is 10.7 Å². The number of likely N-dealkylation sites (tertiary alicyclic amines) is 1. The van der Waals surface area contributed by atoms with Gasteiger partial charge in [-0.25, -0.2) is 4.79 Å². The van der Waals surface area contributed by atoms with Crippen LogP contribution in [0, 0.1) is 0 Å². The van der Waals surface area contributed by atoms with Crippen LogP contribution in [0.15, 0.2) is 29.3 Å². The summed E-state index contributed by atoms with van der Waals surface area (Å²) in [5.74, 6) is 0.175. The van der Waals surface area contributed by atoms with Crippen molar-refractivity contribution in [1.82, 2.24) is 15.5 Å². The van der Waals surface area contributed by atoms with Crippen molar-refractivity contribution in [1.29, 1.82) is 0 Å². The highest BCUT2D eigenvalue weighted by Gasteiger charge is 2.34. The first kappa shape index (κ1) is 23.0. The lowest BCUT2D eigenvalue weighted by Crippen LogP contribution is -2.63. The lowest BCUT2D eigenvalue weighted by Gasteiger charge is -2.40. The second kappa shape index (κ2) is 9.77. The maximum Gasteiger partial charge on any atom is 0.410 e. The molecule has 1 aliphatic rings. The van der Waals surface area contributed by atoms with Crippen LogP contribution in [-0.4, -0.2) is 54.6 Å². The molecule has 1 aromatic rings. The Hall–Kier alpha value is -2.04. The van der Waals surface area contributed by atoms with E-state index in [-0.39, 0.29) is 36.1 Å². The molecule has 9 heteroatoms. The molecule has 2 amide bonds. The van der Waals surface area contributed by atoms with Gasteiger partial charge in [0.1, 0.15) is 5.60 Å². The van der Waals surface area contributed by atoms with E-state index in [1.165, 1.54) is 0 Å². The van der Waals surface area contributed by atoms with Gasteiger partial charge < -0.3 is 26.0 Å². The number of nitrogens with two attached hydrogens (primary N) is 1. The molecule has 1 saturated heterocycles. The summed E-state index contributed by atoms with van der Waals surface area (Å²) in [6.07, 6.45) is -0.304. The maximum absolute atomic E-state index is 11.9. The topological polar surface area (TPSA) is 109 Å². The average Bonchev–Trinajstić information content (AvgIpc) is 2.51. The van der Waals surface area contributed by atoms with E-state index in [0.29, 0.717) is 31.2 Å². The number of aliphatic imine (C=N–C) groups is 1. The second-order valence-corrected chi connectivity index (χ2v) is 7.22. The predicted octanol–water partition coefficient (Wildman–Crippen LogP) is 1.69. The van der Waals surface area contributed by atoms with Crippen LogP contribution in [-0.2, 0) is 11.3 Å². The van der Waals surface area contributed by atoms with Gasteiger partial charge in [-0.15, -0.1) is 24.0 Å². The van der Waals surface area contributed by atoms with Crippen molar-refractivity contribution in [3.05, 3.63) is 35.4 Å². The van der Waals surface area contributed by atoms with Crippen LogP contribution >= 0.6 is 24.0 Å². The summed E-state index contributed by atoms with van der Waals surface area (Å²) >= 11 is 0. The van der Waals surface area contributed by atoms with Gasteiger partial charge in [0.2, 0.25) is 5.91 Å². The Morgan fingerprint density at radius 1 is 1.33 bits per heavy atom. The molecule has 0 radical (unpaired) electrons. The van der Waals surface area contributed by atoms with E-state index in [1.54, 1.807) is 30.1 Å². The molecule has 0 spiro atoms. The van der Waals surface area contributed by atoms with Crippen LogP contribution in [0.4, 0.5) is 4.79 Å². The zero-order chi connectivity index (χ0) is 19.3. The van der Waals surface area contributed by atoms with E-state index in [1.807, 2.05) is 26.8 Å².